The number of aromatic nitrogens is 2. The Bertz CT molecular complexity index is 746. The van der Waals surface area contributed by atoms with Crippen LogP contribution in [0.5, 0.6) is 0 Å². The second-order valence-electron chi connectivity index (χ2n) is 4.66. The first-order valence-corrected chi connectivity index (χ1v) is 7.89. The van der Waals surface area contributed by atoms with Crippen molar-refractivity contribution < 1.29 is 0 Å². The molecule has 0 unspecified atom stereocenters. The molecular formula is C16H11BrCl2N2. The Morgan fingerprint density at radius 1 is 1.00 bits per heavy atom. The first kappa shape index (κ1) is 14.6. The number of nitrogens with zero attached hydrogens (tertiary/aromatic N) is 2. The molecule has 0 saturated heterocycles. The molecule has 5 heteroatoms. The van der Waals surface area contributed by atoms with Crippen LogP contribution in [0.1, 0.15) is 5.56 Å². The van der Waals surface area contributed by atoms with Gasteiger partial charge in [0.1, 0.15) is 5.82 Å². The molecule has 0 aliphatic heterocycles. The number of benzene rings is 2. The molecule has 2 nitrogen and oxygen atoms in total. The van der Waals surface area contributed by atoms with Gasteiger partial charge in [0.15, 0.2) is 0 Å². The van der Waals surface area contributed by atoms with Crippen LogP contribution in [0.15, 0.2) is 59.3 Å². The van der Waals surface area contributed by atoms with Crippen LogP contribution in [-0.2, 0) is 6.54 Å². The molecule has 3 rings (SSSR count). The van der Waals surface area contributed by atoms with Crippen molar-refractivity contribution in [1.82, 2.24) is 9.55 Å². The van der Waals surface area contributed by atoms with Gasteiger partial charge in [-0.3, -0.25) is 0 Å². The normalized spacial score (nSPS) is 10.8. The Balaban J connectivity index is 1.95. The topological polar surface area (TPSA) is 17.8 Å². The Hall–Kier alpha value is -1.29. The molecular weight excluding hydrogens is 371 g/mol. The van der Waals surface area contributed by atoms with Gasteiger partial charge in [0.2, 0.25) is 0 Å². The van der Waals surface area contributed by atoms with Crippen LogP contribution >= 0.6 is 39.1 Å². The van der Waals surface area contributed by atoms with E-state index in [0.717, 1.165) is 22.4 Å². The highest BCUT2D eigenvalue weighted by atomic mass is 79.9. The number of halogens is 3. The minimum Gasteiger partial charge on any atom is -0.327 e. The van der Waals surface area contributed by atoms with Crippen molar-refractivity contribution in [2.45, 2.75) is 6.54 Å². The van der Waals surface area contributed by atoms with E-state index in [0.29, 0.717) is 10.0 Å². The van der Waals surface area contributed by atoms with Gasteiger partial charge >= 0.3 is 0 Å². The summed E-state index contributed by atoms with van der Waals surface area (Å²) in [5, 5.41) is 1.21. The van der Waals surface area contributed by atoms with Gasteiger partial charge in [-0.1, -0.05) is 51.3 Å². The molecule has 0 atom stereocenters. The maximum absolute atomic E-state index is 6.07. The van der Waals surface area contributed by atoms with Crippen LogP contribution < -0.4 is 0 Å². The zero-order valence-corrected chi connectivity index (χ0v) is 14.0. The van der Waals surface area contributed by atoms with Crippen molar-refractivity contribution in [1.29, 1.82) is 0 Å². The second kappa shape index (κ2) is 6.22. The summed E-state index contributed by atoms with van der Waals surface area (Å²) in [5.41, 5.74) is 2.11. The lowest BCUT2D eigenvalue weighted by atomic mass is 10.2. The smallest absolute Gasteiger partial charge is 0.140 e. The largest absolute Gasteiger partial charge is 0.327 e. The summed E-state index contributed by atoms with van der Waals surface area (Å²) in [6, 6.07) is 13.7. The molecule has 0 saturated carbocycles. The Labute approximate surface area is 141 Å². The highest BCUT2D eigenvalue weighted by molar-refractivity contribution is 9.10. The zero-order valence-electron chi connectivity index (χ0n) is 10.9. The number of hydrogen-bond acceptors (Lipinski definition) is 1. The van der Waals surface area contributed by atoms with Gasteiger partial charge in [-0.2, -0.15) is 0 Å². The Morgan fingerprint density at radius 3 is 2.33 bits per heavy atom. The predicted octanol–water partition coefficient (Wildman–Crippen LogP) is 5.67. The Morgan fingerprint density at radius 2 is 1.67 bits per heavy atom. The average molecular weight is 382 g/mol. The van der Waals surface area contributed by atoms with E-state index in [-0.39, 0.29) is 0 Å². The molecule has 0 bridgehead atoms. The lowest BCUT2D eigenvalue weighted by molar-refractivity contribution is 0.807. The van der Waals surface area contributed by atoms with E-state index < -0.39 is 0 Å². The maximum atomic E-state index is 6.07. The molecule has 0 amide bonds. The van der Waals surface area contributed by atoms with Crippen LogP contribution in [0, 0.1) is 0 Å². The summed E-state index contributed by atoms with van der Waals surface area (Å²) in [4.78, 5) is 4.42. The summed E-state index contributed by atoms with van der Waals surface area (Å²) in [6.45, 7) is 0.743. The molecule has 2 aromatic carbocycles. The van der Waals surface area contributed by atoms with Crippen molar-refractivity contribution in [3.05, 3.63) is 74.9 Å². The quantitative estimate of drug-likeness (QED) is 0.571. The van der Waals surface area contributed by atoms with Crippen LogP contribution in [0.25, 0.3) is 11.4 Å². The predicted molar refractivity (Wildman–Crippen MR) is 90.9 cm³/mol. The lowest BCUT2D eigenvalue weighted by Gasteiger charge is -2.09. The zero-order chi connectivity index (χ0) is 14.8. The van der Waals surface area contributed by atoms with Gasteiger partial charge in [0, 0.05) is 39.0 Å². The molecule has 21 heavy (non-hydrogen) atoms. The van der Waals surface area contributed by atoms with Crippen molar-refractivity contribution in [3.8, 4) is 11.4 Å². The van der Waals surface area contributed by atoms with E-state index in [9.17, 15) is 0 Å². The third kappa shape index (κ3) is 3.49. The van der Waals surface area contributed by atoms with Gasteiger partial charge < -0.3 is 4.57 Å². The number of rotatable bonds is 3. The number of hydrogen-bond donors (Lipinski definition) is 0. The van der Waals surface area contributed by atoms with Crippen molar-refractivity contribution >= 4 is 39.1 Å². The van der Waals surface area contributed by atoms with E-state index in [1.165, 1.54) is 5.56 Å². The summed E-state index contributed by atoms with van der Waals surface area (Å²) in [5.74, 6) is 0.849. The minimum atomic E-state index is 0.607. The van der Waals surface area contributed by atoms with Gasteiger partial charge in [-0.25, -0.2) is 4.98 Å². The van der Waals surface area contributed by atoms with Crippen LogP contribution in [0.3, 0.4) is 0 Å². The molecule has 0 fully saturated rings. The minimum absolute atomic E-state index is 0.607. The molecule has 1 aromatic heterocycles. The fourth-order valence-electron chi connectivity index (χ4n) is 2.17. The van der Waals surface area contributed by atoms with Crippen LogP contribution in [0.4, 0.5) is 0 Å². The Kier molecular flexibility index (Phi) is 4.34. The van der Waals surface area contributed by atoms with E-state index in [1.54, 1.807) is 12.3 Å². The lowest BCUT2D eigenvalue weighted by Crippen LogP contribution is -2.01. The molecule has 0 radical (unpaired) electrons. The average Bonchev–Trinajstić information content (AvgIpc) is 2.88. The van der Waals surface area contributed by atoms with Gasteiger partial charge in [-0.15, -0.1) is 0 Å². The highest BCUT2D eigenvalue weighted by Crippen LogP contribution is 2.26. The first-order chi connectivity index (χ1) is 10.1. The van der Waals surface area contributed by atoms with Crippen molar-refractivity contribution in [3.63, 3.8) is 0 Å². The van der Waals surface area contributed by atoms with Crippen molar-refractivity contribution in [2.75, 3.05) is 0 Å². The van der Waals surface area contributed by atoms with Crippen molar-refractivity contribution in [2.24, 2.45) is 0 Å². The van der Waals surface area contributed by atoms with Gasteiger partial charge in [0.05, 0.1) is 0 Å². The fraction of sp³-hybridized carbons (Fsp3) is 0.0625. The van der Waals surface area contributed by atoms with Crippen LogP contribution in [0.2, 0.25) is 10.0 Å². The number of imidazole rings is 1. The summed E-state index contributed by atoms with van der Waals surface area (Å²) in [7, 11) is 0. The van der Waals surface area contributed by atoms with E-state index in [1.807, 2.05) is 30.5 Å². The fourth-order valence-corrected chi connectivity index (χ4v) is 2.96. The standard InChI is InChI=1S/C16H11BrCl2N2/c17-13-3-1-11(2-4-13)10-21-6-5-20-16(21)12-7-14(18)9-15(19)8-12/h1-9H,10H2. The summed E-state index contributed by atoms with van der Waals surface area (Å²) >= 11 is 15.6. The third-order valence-electron chi connectivity index (χ3n) is 3.10. The molecule has 0 spiro atoms. The maximum Gasteiger partial charge on any atom is 0.140 e. The molecule has 106 valence electrons. The second-order valence-corrected chi connectivity index (χ2v) is 6.45. The van der Waals surface area contributed by atoms with Gasteiger partial charge in [0.25, 0.3) is 0 Å². The van der Waals surface area contributed by atoms with E-state index in [2.05, 4.69) is 37.6 Å². The molecule has 0 N–H and O–H groups in total. The molecule has 3 aromatic rings. The van der Waals surface area contributed by atoms with E-state index >= 15 is 0 Å². The molecule has 0 aliphatic rings. The molecule has 1 heterocycles. The van der Waals surface area contributed by atoms with Gasteiger partial charge in [-0.05, 0) is 35.9 Å². The summed E-state index contributed by atoms with van der Waals surface area (Å²) in [6.07, 6.45) is 3.73. The highest BCUT2D eigenvalue weighted by Gasteiger charge is 2.08. The molecule has 0 aliphatic carbocycles. The van der Waals surface area contributed by atoms with Crippen LogP contribution in [-0.4, -0.2) is 9.55 Å². The third-order valence-corrected chi connectivity index (χ3v) is 4.07. The first-order valence-electron chi connectivity index (χ1n) is 6.34. The SMILES string of the molecule is Clc1cc(Cl)cc(-c2nccn2Cc2ccc(Br)cc2)c1. The monoisotopic (exact) mass is 380 g/mol. The van der Waals surface area contributed by atoms with E-state index in [4.69, 9.17) is 23.2 Å². The summed E-state index contributed by atoms with van der Waals surface area (Å²) < 4.78 is 3.14.